The number of hydrogen-bond acceptors (Lipinski definition) is 5. The number of Topliss-reactive ketones (excluding diaryl/α,β-unsaturated/α-hetero) is 1. The Morgan fingerprint density at radius 3 is 2.65 bits per heavy atom. The predicted molar refractivity (Wildman–Crippen MR) is 118 cm³/mol. The Hall–Kier alpha value is -2.51. The molecule has 164 valence electrons. The largest absolute Gasteiger partial charge is 0.396 e. The highest BCUT2D eigenvalue weighted by atomic mass is 35.5. The lowest BCUT2D eigenvalue weighted by Crippen LogP contribution is -2.27. The van der Waals surface area contributed by atoms with Gasteiger partial charge in [-0.05, 0) is 62.6 Å². The Kier molecular flexibility index (Phi) is 5.99. The van der Waals surface area contributed by atoms with Crippen molar-refractivity contribution >= 4 is 29.0 Å². The number of aromatic nitrogens is 2. The zero-order valence-corrected chi connectivity index (χ0v) is 18.2. The molecular weight excluding hydrogens is 418 g/mol. The van der Waals surface area contributed by atoms with Gasteiger partial charge in [-0.25, -0.2) is 4.98 Å². The number of rotatable bonds is 9. The molecule has 1 amide bonds. The lowest BCUT2D eigenvalue weighted by atomic mass is 10.00. The SMILES string of the molecule is Cc1nc(-c2ccc(Cl)cc2NC(=O)C2CC2)cc(=O)n1CC(=O)CCC1(CO)CC1. The molecule has 4 rings (SSSR count). The quantitative estimate of drug-likeness (QED) is 0.618. The van der Waals surface area contributed by atoms with E-state index in [9.17, 15) is 19.5 Å². The van der Waals surface area contributed by atoms with Gasteiger partial charge in [0.05, 0.1) is 17.9 Å². The predicted octanol–water partition coefficient (Wildman–Crippen LogP) is 3.34. The van der Waals surface area contributed by atoms with Crippen molar-refractivity contribution in [1.82, 2.24) is 9.55 Å². The topological polar surface area (TPSA) is 101 Å². The number of carbonyl (C=O) groups excluding carboxylic acids is 2. The highest BCUT2D eigenvalue weighted by Crippen LogP contribution is 2.49. The van der Waals surface area contributed by atoms with E-state index in [2.05, 4.69) is 10.3 Å². The monoisotopic (exact) mass is 443 g/mol. The number of carbonyl (C=O) groups is 2. The Labute approximate surface area is 185 Å². The molecule has 2 N–H and O–H groups in total. The maximum atomic E-state index is 12.8. The van der Waals surface area contributed by atoms with Crippen molar-refractivity contribution < 1.29 is 14.7 Å². The molecule has 0 aliphatic heterocycles. The van der Waals surface area contributed by atoms with Crippen LogP contribution in [0.25, 0.3) is 11.3 Å². The van der Waals surface area contributed by atoms with Gasteiger partial charge in [-0.1, -0.05) is 11.6 Å². The van der Waals surface area contributed by atoms with Crippen LogP contribution in [0.2, 0.25) is 5.02 Å². The molecule has 1 aromatic heterocycles. The fourth-order valence-electron chi connectivity index (χ4n) is 3.70. The highest BCUT2D eigenvalue weighted by Gasteiger charge is 2.41. The first-order valence-corrected chi connectivity index (χ1v) is 11.0. The average molecular weight is 444 g/mol. The van der Waals surface area contributed by atoms with Crippen molar-refractivity contribution in [3.05, 3.63) is 45.5 Å². The first-order valence-electron chi connectivity index (χ1n) is 10.6. The fourth-order valence-corrected chi connectivity index (χ4v) is 3.87. The van der Waals surface area contributed by atoms with Gasteiger partial charge >= 0.3 is 0 Å². The van der Waals surface area contributed by atoms with Crippen LogP contribution in [0.3, 0.4) is 0 Å². The van der Waals surface area contributed by atoms with E-state index in [-0.39, 0.29) is 41.7 Å². The molecule has 2 aliphatic rings. The number of aliphatic hydroxyl groups is 1. The van der Waals surface area contributed by atoms with Crippen LogP contribution in [0.1, 0.15) is 44.3 Å². The van der Waals surface area contributed by atoms with E-state index in [0.717, 1.165) is 25.7 Å². The number of aliphatic hydroxyl groups excluding tert-OH is 1. The minimum absolute atomic E-state index is 0.0288. The van der Waals surface area contributed by atoms with E-state index < -0.39 is 0 Å². The number of ketones is 1. The van der Waals surface area contributed by atoms with Gasteiger partial charge in [-0.15, -0.1) is 0 Å². The standard InChI is InChI=1S/C23H26ClN3O4/c1-14-25-20(18-5-4-16(24)10-19(18)26-22(31)15-2-3-15)11-21(30)27(14)12-17(29)6-7-23(13-28)8-9-23/h4-5,10-11,15,28H,2-3,6-9,12-13H2,1H3,(H,26,31). The molecule has 0 bridgehead atoms. The molecule has 0 saturated heterocycles. The van der Waals surface area contributed by atoms with E-state index in [0.29, 0.717) is 40.6 Å². The van der Waals surface area contributed by atoms with Gasteiger partial charge in [0, 0.05) is 35.6 Å². The van der Waals surface area contributed by atoms with Crippen LogP contribution in [0.4, 0.5) is 5.69 Å². The molecule has 1 heterocycles. The second-order valence-corrected chi connectivity index (χ2v) is 9.20. The Morgan fingerprint density at radius 2 is 2.03 bits per heavy atom. The molecule has 7 nitrogen and oxygen atoms in total. The minimum atomic E-state index is -0.325. The third-order valence-electron chi connectivity index (χ3n) is 6.22. The fraction of sp³-hybridized carbons (Fsp3) is 0.478. The average Bonchev–Trinajstić information content (AvgIpc) is 3.63. The summed E-state index contributed by atoms with van der Waals surface area (Å²) in [5.41, 5.74) is 1.13. The summed E-state index contributed by atoms with van der Waals surface area (Å²) in [4.78, 5) is 42.0. The van der Waals surface area contributed by atoms with Gasteiger partial charge in [0.2, 0.25) is 5.91 Å². The van der Waals surface area contributed by atoms with Gasteiger partial charge < -0.3 is 10.4 Å². The second kappa shape index (κ2) is 8.55. The molecule has 31 heavy (non-hydrogen) atoms. The van der Waals surface area contributed by atoms with Crippen LogP contribution in [-0.4, -0.2) is 33.0 Å². The molecule has 0 spiro atoms. The zero-order chi connectivity index (χ0) is 22.2. The van der Waals surface area contributed by atoms with Crippen LogP contribution in [0.5, 0.6) is 0 Å². The van der Waals surface area contributed by atoms with Crippen LogP contribution in [0.15, 0.2) is 29.1 Å². The van der Waals surface area contributed by atoms with Crippen LogP contribution in [0, 0.1) is 18.3 Å². The summed E-state index contributed by atoms with van der Waals surface area (Å²) in [6, 6.07) is 6.45. The number of hydrogen-bond donors (Lipinski definition) is 2. The summed E-state index contributed by atoms with van der Waals surface area (Å²) in [5.74, 6) is 0.341. The van der Waals surface area contributed by atoms with E-state index in [1.165, 1.54) is 10.6 Å². The smallest absolute Gasteiger partial charge is 0.254 e. The normalized spacial score (nSPS) is 16.7. The Balaban J connectivity index is 1.54. The maximum Gasteiger partial charge on any atom is 0.254 e. The van der Waals surface area contributed by atoms with Crippen molar-refractivity contribution in [2.75, 3.05) is 11.9 Å². The summed E-state index contributed by atoms with van der Waals surface area (Å²) < 4.78 is 1.36. The molecule has 0 unspecified atom stereocenters. The van der Waals surface area contributed by atoms with E-state index in [1.54, 1.807) is 25.1 Å². The summed E-state index contributed by atoms with van der Waals surface area (Å²) in [7, 11) is 0. The van der Waals surface area contributed by atoms with Crippen LogP contribution < -0.4 is 10.9 Å². The van der Waals surface area contributed by atoms with Crippen molar-refractivity contribution in [3.8, 4) is 11.3 Å². The van der Waals surface area contributed by atoms with E-state index in [4.69, 9.17) is 11.6 Å². The van der Waals surface area contributed by atoms with Crippen molar-refractivity contribution in [2.24, 2.45) is 11.3 Å². The zero-order valence-electron chi connectivity index (χ0n) is 17.5. The molecule has 8 heteroatoms. The van der Waals surface area contributed by atoms with E-state index >= 15 is 0 Å². The number of amides is 1. The van der Waals surface area contributed by atoms with Crippen molar-refractivity contribution in [1.29, 1.82) is 0 Å². The number of aryl methyl sites for hydroxylation is 1. The molecule has 2 fully saturated rings. The van der Waals surface area contributed by atoms with E-state index in [1.807, 2.05) is 0 Å². The lowest BCUT2D eigenvalue weighted by Gasteiger charge is -2.14. The van der Waals surface area contributed by atoms with Gasteiger partial charge in [-0.3, -0.25) is 19.0 Å². The number of anilines is 1. The van der Waals surface area contributed by atoms with Crippen LogP contribution in [-0.2, 0) is 16.1 Å². The van der Waals surface area contributed by atoms with Gasteiger partial charge in [0.25, 0.3) is 5.56 Å². The van der Waals surface area contributed by atoms with Crippen LogP contribution >= 0.6 is 11.6 Å². The number of halogens is 1. The Bertz CT molecular complexity index is 1090. The third kappa shape index (κ3) is 5.05. The molecule has 0 atom stereocenters. The highest BCUT2D eigenvalue weighted by molar-refractivity contribution is 6.31. The number of nitrogens with zero attached hydrogens (tertiary/aromatic N) is 2. The summed E-state index contributed by atoms with van der Waals surface area (Å²) in [6.07, 6.45) is 4.64. The molecule has 0 radical (unpaired) electrons. The molecular formula is C23H26ClN3O4. The maximum absolute atomic E-state index is 12.8. The molecule has 1 aromatic carbocycles. The molecule has 2 saturated carbocycles. The third-order valence-corrected chi connectivity index (χ3v) is 6.46. The van der Waals surface area contributed by atoms with Crippen molar-refractivity contribution in [3.63, 3.8) is 0 Å². The lowest BCUT2D eigenvalue weighted by molar-refractivity contribution is -0.120. The summed E-state index contributed by atoms with van der Waals surface area (Å²) in [6.45, 7) is 1.76. The first kappa shape index (κ1) is 21.7. The molecule has 2 aromatic rings. The summed E-state index contributed by atoms with van der Waals surface area (Å²) >= 11 is 6.11. The van der Waals surface area contributed by atoms with Crippen molar-refractivity contribution in [2.45, 2.75) is 52.0 Å². The second-order valence-electron chi connectivity index (χ2n) is 8.76. The van der Waals surface area contributed by atoms with Gasteiger partial charge in [-0.2, -0.15) is 0 Å². The Morgan fingerprint density at radius 1 is 1.29 bits per heavy atom. The van der Waals surface area contributed by atoms with Gasteiger partial charge in [0.1, 0.15) is 5.82 Å². The number of benzene rings is 1. The minimum Gasteiger partial charge on any atom is -0.396 e. The first-order chi connectivity index (χ1) is 14.8. The molecule has 2 aliphatic carbocycles. The van der Waals surface area contributed by atoms with Gasteiger partial charge in [0.15, 0.2) is 5.78 Å². The summed E-state index contributed by atoms with van der Waals surface area (Å²) in [5, 5.41) is 12.8. The number of nitrogens with one attached hydrogen (secondary N) is 1.